The highest BCUT2D eigenvalue weighted by Crippen LogP contribution is 2.19. The maximum Gasteiger partial charge on any atom is 0.00107 e. The van der Waals surface area contributed by atoms with E-state index in [1.165, 1.54) is 58.4 Å². The Morgan fingerprint density at radius 3 is 2.71 bits per heavy atom. The van der Waals surface area contributed by atoms with Gasteiger partial charge in [-0.1, -0.05) is 6.92 Å². The lowest BCUT2D eigenvalue weighted by Crippen LogP contribution is -2.40. The van der Waals surface area contributed by atoms with Crippen LogP contribution in [-0.2, 0) is 0 Å². The fraction of sp³-hybridized carbons (Fsp3) is 1.00. The SMILES string of the molecule is C[C@@H]1CCCN(CC2CCNCC2)C1. The predicted octanol–water partition coefficient (Wildman–Crippen LogP) is 1.72. The molecule has 0 radical (unpaired) electrons. The first kappa shape index (κ1) is 10.4. The zero-order valence-electron chi connectivity index (χ0n) is 9.47. The fourth-order valence-corrected chi connectivity index (χ4v) is 2.88. The summed E-state index contributed by atoms with van der Waals surface area (Å²) in [7, 11) is 0. The fourth-order valence-electron chi connectivity index (χ4n) is 2.88. The average Bonchev–Trinajstić information content (AvgIpc) is 2.19. The predicted molar refractivity (Wildman–Crippen MR) is 60.4 cm³/mol. The normalized spacial score (nSPS) is 31.9. The molecule has 0 bridgehead atoms. The maximum absolute atomic E-state index is 3.44. The summed E-state index contributed by atoms with van der Waals surface area (Å²) in [5.41, 5.74) is 0. The van der Waals surface area contributed by atoms with Gasteiger partial charge in [0.15, 0.2) is 0 Å². The van der Waals surface area contributed by atoms with Crippen molar-refractivity contribution < 1.29 is 0 Å². The Morgan fingerprint density at radius 1 is 1.21 bits per heavy atom. The second-order valence-electron chi connectivity index (χ2n) is 5.20. The maximum atomic E-state index is 3.44. The van der Waals surface area contributed by atoms with Crippen molar-refractivity contribution in [3.05, 3.63) is 0 Å². The number of hydrogen-bond acceptors (Lipinski definition) is 2. The topological polar surface area (TPSA) is 15.3 Å². The minimum absolute atomic E-state index is 0.936. The van der Waals surface area contributed by atoms with Crippen molar-refractivity contribution in [2.75, 3.05) is 32.7 Å². The van der Waals surface area contributed by atoms with Gasteiger partial charge in [0.05, 0.1) is 0 Å². The zero-order chi connectivity index (χ0) is 9.80. The molecule has 82 valence electrons. The summed E-state index contributed by atoms with van der Waals surface area (Å²) in [6, 6.07) is 0. The van der Waals surface area contributed by atoms with Gasteiger partial charge in [-0.15, -0.1) is 0 Å². The van der Waals surface area contributed by atoms with Crippen molar-refractivity contribution >= 4 is 0 Å². The lowest BCUT2D eigenvalue weighted by Gasteiger charge is -2.35. The summed E-state index contributed by atoms with van der Waals surface area (Å²) >= 11 is 0. The first-order valence-electron chi connectivity index (χ1n) is 6.27. The second-order valence-corrected chi connectivity index (χ2v) is 5.20. The molecule has 2 heteroatoms. The molecule has 2 fully saturated rings. The molecule has 2 rings (SSSR count). The van der Waals surface area contributed by atoms with Gasteiger partial charge in [-0.25, -0.2) is 0 Å². The highest BCUT2D eigenvalue weighted by molar-refractivity contribution is 4.76. The lowest BCUT2D eigenvalue weighted by atomic mass is 9.94. The summed E-state index contributed by atoms with van der Waals surface area (Å²) in [5, 5.41) is 3.44. The Morgan fingerprint density at radius 2 is 2.00 bits per heavy atom. The van der Waals surface area contributed by atoms with Gasteiger partial charge in [0.2, 0.25) is 0 Å². The van der Waals surface area contributed by atoms with Crippen molar-refractivity contribution in [1.29, 1.82) is 0 Å². The van der Waals surface area contributed by atoms with E-state index in [-0.39, 0.29) is 0 Å². The molecule has 2 nitrogen and oxygen atoms in total. The van der Waals surface area contributed by atoms with E-state index in [1.54, 1.807) is 0 Å². The third-order valence-electron chi connectivity index (χ3n) is 3.72. The van der Waals surface area contributed by atoms with Crippen LogP contribution in [0.3, 0.4) is 0 Å². The van der Waals surface area contributed by atoms with Crippen LogP contribution >= 0.6 is 0 Å². The van der Waals surface area contributed by atoms with Gasteiger partial charge >= 0.3 is 0 Å². The molecule has 0 aromatic rings. The van der Waals surface area contributed by atoms with E-state index in [1.807, 2.05) is 0 Å². The first-order valence-corrected chi connectivity index (χ1v) is 6.27. The Bertz CT molecular complexity index is 164. The van der Waals surface area contributed by atoms with Crippen LogP contribution in [0.15, 0.2) is 0 Å². The summed E-state index contributed by atoms with van der Waals surface area (Å²) in [6.45, 7) is 8.96. The molecule has 0 aromatic carbocycles. The number of rotatable bonds is 2. The number of hydrogen-bond donors (Lipinski definition) is 1. The number of piperidine rings is 2. The summed E-state index contributed by atoms with van der Waals surface area (Å²) in [4.78, 5) is 2.70. The van der Waals surface area contributed by atoms with Crippen molar-refractivity contribution in [3.8, 4) is 0 Å². The van der Waals surface area contributed by atoms with E-state index in [0.29, 0.717) is 0 Å². The number of likely N-dealkylation sites (tertiary alicyclic amines) is 1. The summed E-state index contributed by atoms with van der Waals surface area (Å²) in [5.74, 6) is 1.91. The Labute approximate surface area is 88.1 Å². The molecule has 0 spiro atoms. The highest BCUT2D eigenvalue weighted by Gasteiger charge is 2.20. The van der Waals surface area contributed by atoms with Crippen LogP contribution in [-0.4, -0.2) is 37.6 Å². The first-order chi connectivity index (χ1) is 6.84. The molecular formula is C12H24N2. The quantitative estimate of drug-likeness (QED) is 0.723. The molecule has 1 atom stereocenters. The van der Waals surface area contributed by atoms with E-state index in [9.17, 15) is 0 Å². The van der Waals surface area contributed by atoms with Crippen molar-refractivity contribution in [1.82, 2.24) is 10.2 Å². The van der Waals surface area contributed by atoms with Crippen LogP contribution < -0.4 is 5.32 Å². The Hall–Kier alpha value is -0.0800. The molecule has 0 amide bonds. The molecule has 2 aliphatic rings. The molecule has 2 heterocycles. The monoisotopic (exact) mass is 196 g/mol. The zero-order valence-corrected chi connectivity index (χ0v) is 9.47. The second kappa shape index (κ2) is 5.13. The molecular weight excluding hydrogens is 172 g/mol. The van der Waals surface area contributed by atoms with E-state index in [0.717, 1.165) is 11.8 Å². The van der Waals surface area contributed by atoms with E-state index in [4.69, 9.17) is 0 Å². The van der Waals surface area contributed by atoms with E-state index in [2.05, 4.69) is 17.1 Å². The van der Waals surface area contributed by atoms with Crippen LogP contribution in [0.25, 0.3) is 0 Å². The van der Waals surface area contributed by atoms with Crippen LogP contribution in [0.2, 0.25) is 0 Å². The van der Waals surface area contributed by atoms with Gasteiger partial charge < -0.3 is 10.2 Å². The minimum atomic E-state index is 0.936. The van der Waals surface area contributed by atoms with Crippen LogP contribution in [0.1, 0.15) is 32.6 Å². The van der Waals surface area contributed by atoms with Crippen molar-refractivity contribution in [3.63, 3.8) is 0 Å². The van der Waals surface area contributed by atoms with Crippen molar-refractivity contribution in [2.45, 2.75) is 32.6 Å². The van der Waals surface area contributed by atoms with Crippen molar-refractivity contribution in [2.24, 2.45) is 11.8 Å². The molecule has 2 saturated heterocycles. The summed E-state index contributed by atoms with van der Waals surface area (Å²) < 4.78 is 0. The Balaban J connectivity index is 1.72. The highest BCUT2D eigenvalue weighted by atomic mass is 15.1. The molecule has 0 aromatic heterocycles. The van der Waals surface area contributed by atoms with E-state index >= 15 is 0 Å². The molecule has 0 saturated carbocycles. The Kier molecular flexibility index (Phi) is 3.82. The van der Waals surface area contributed by atoms with Crippen LogP contribution in [0, 0.1) is 11.8 Å². The third kappa shape index (κ3) is 2.96. The lowest BCUT2D eigenvalue weighted by molar-refractivity contribution is 0.147. The molecule has 2 aliphatic heterocycles. The van der Waals surface area contributed by atoms with Crippen LogP contribution in [0.5, 0.6) is 0 Å². The van der Waals surface area contributed by atoms with Gasteiger partial charge in [-0.3, -0.25) is 0 Å². The smallest absolute Gasteiger partial charge is 0.00107 e. The van der Waals surface area contributed by atoms with Gasteiger partial charge in [0.25, 0.3) is 0 Å². The minimum Gasteiger partial charge on any atom is -0.317 e. The molecule has 0 unspecified atom stereocenters. The standard InChI is InChI=1S/C12H24N2/c1-11-3-2-8-14(9-11)10-12-4-6-13-7-5-12/h11-13H,2-10H2,1H3/t11-/m1/s1. The molecule has 14 heavy (non-hydrogen) atoms. The number of nitrogens with one attached hydrogen (secondary N) is 1. The largest absolute Gasteiger partial charge is 0.317 e. The van der Waals surface area contributed by atoms with E-state index < -0.39 is 0 Å². The number of nitrogens with zero attached hydrogens (tertiary/aromatic N) is 1. The molecule has 0 aliphatic carbocycles. The van der Waals surface area contributed by atoms with Gasteiger partial charge in [-0.2, -0.15) is 0 Å². The van der Waals surface area contributed by atoms with Gasteiger partial charge in [-0.05, 0) is 57.2 Å². The molecule has 1 N–H and O–H groups in total. The van der Waals surface area contributed by atoms with Gasteiger partial charge in [0.1, 0.15) is 0 Å². The third-order valence-corrected chi connectivity index (χ3v) is 3.72. The van der Waals surface area contributed by atoms with Crippen LogP contribution in [0.4, 0.5) is 0 Å². The summed E-state index contributed by atoms with van der Waals surface area (Å²) in [6.07, 6.45) is 5.66. The van der Waals surface area contributed by atoms with Gasteiger partial charge in [0, 0.05) is 13.1 Å². The average molecular weight is 196 g/mol.